The van der Waals surface area contributed by atoms with Crippen LogP contribution in [0.2, 0.25) is 0 Å². The zero-order chi connectivity index (χ0) is 19.4. The first-order valence-electron chi connectivity index (χ1n) is 8.68. The van der Waals surface area contributed by atoms with Crippen molar-refractivity contribution in [2.24, 2.45) is 0 Å². The Morgan fingerprint density at radius 1 is 1.11 bits per heavy atom. The number of hydrogen-bond acceptors (Lipinski definition) is 4. The summed E-state index contributed by atoms with van der Waals surface area (Å²) in [7, 11) is -1.35. The number of alkyl halides is 1. The third kappa shape index (κ3) is 4.31. The summed E-state index contributed by atoms with van der Waals surface area (Å²) >= 11 is 0. The van der Waals surface area contributed by atoms with Crippen molar-refractivity contribution in [3.8, 4) is 5.75 Å². The van der Waals surface area contributed by atoms with Crippen molar-refractivity contribution in [3.63, 3.8) is 0 Å². The molecule has 0 unspecified atom stereocenters. The molecule has 0 atom stereocenters. The number of hydrogen-bond donors (Lipinski definition) is 2. The standard InChI is InChI=1S/C20H23FN2O3S/c1-22-10-9-16-12-23-18-8-5-15(11-21)20(19(16)18)26-13-14-3-6-17(7-4-14)27(2,24)25/h3-8,12,22-23H,9-11,13H2,1-2H3. The number of sulfone groups is 1. The van der Waals surface area contributed by atoms with Crippen LogP contribution < -0.4 is 10.1 Å². The van der Waals surface area contributed by atoms with Gasteiger partial charge in [-0.2, -0.15) is 0 Å². The van der Waals surface area contributed by atoms with Crippen molar-refractivity contribution >= 4 is 20.7 Å². The fourth-order valence-corrected chi connectivity index (χ4v) is 3.65. The summed E-state index contributed by atoms with van der Waals surface area (Å²) in [6, 6.07) is 10.1. The van der Waals surface area contributed by atoms with E-state index in [4.69, 9.17) is 4.74 Å². The van der Waals surface area contributed by atoms with Crippen LogP contribution in [-0.2, 0) is 29.5 Å². The average molecular weight is 390 g/mol. The molecule has 0 aliphatic rings. The fraction of sp³-hybridized carbons (Fsp3) is 0.300. The zero-order valence-corrected chi connectivity index (χ0v) is 16.2. The molecule has 5 nitrogen and oxygen atoms in total. The molecule has 0 amide bonds. The lowest BCUT2D eigenvalue weighted by molar-refractivity contribution is 0.302. The number of aromatic nitrogens is 1. The predicted octanol–water partition coefficient (Wildman–Crippen LogP) is 3.38. The number of halogens is 1. The maximum atomic E-state index is 13.5. The second kappa shape index (κ2) is 8.10. The molecule has 0 bridgehead atoms. The van der Waals surface area contributed by atoms with Crippen molar-refractivity contribution in [3.05, 3.63) is 59.3 Å². The molecule has 0 fully saturated rings. The molecular weight excluding hydrogens is 367 g/mol. The van der Waals surface area contributed by atoms with E-state index in [1.165, 1.54) is 6.26 Å². The van der Waals surface area contributed by atoms with Gasteiger partial charge in [-0.25, -0.2) is 12.8 Å². The smallest absolute Gasteiger partial charge is 0.175 e. The molecule has 0 spiro atoms. The number of ether oxygens (including phenoxy) is 1. The minimum Gasteiger partial charge on any atom is -0.488 e. The number of fused-ring (bicyclic) bond motifs is 1. The van der Waals surface area contributed by atoms with Gasteiger partial charge in [0.15, 0.2) is 9.84 Å². The van der Waals surface area contributed by atoms with Crippen molar-refractivity contribution in [2.45, 2.75) is 24.6 Å². The highest BCUT2D eigenvalue weighted by Gasteiger charge is 2.15. The molecule has 0 aliphatic carbocycles. The summed E-state index contributed by atoms with van der Waals surface area (Å²) in [5.74, 6) is 0.537. The summed E-state index contributed by atoms with van der Waals surface area (Å²) in [6.07, 6.45) is 3.90. The van der Waals surface area contributed by atoms with E-state index in [1.807, 2.05) is 19.3 Å². The third-order valence-corrected chi connectivity index (χ3v) is 5.61. The molecule has 3 aromatic rings. The van der Waals surface area contributed by atoms with Crippen LogP contribution in [0.5, 0.6) is 5.75 Å². The Morgan fingerprint density at radius 2 is 1.85 bits per heavy atom. The highest BCUT2D eigenvalue weighted by molar-refractivity contribution is 7.90. The molecule has 2 aromatic carbocycles. The Kier molecular flexibility index (Phi) is 5.82. The number of rotatable bonds is 8. The topological polar surface area (TPSA) is 71.2 Å². The molecule has 1 heterocycles. The largest absolute Gasteiger partial charge is 0.488 e. The molecule has 144 valence electrons. The van der Waals surface area contributed by atoms with Crippen LogP contribution in [0.4, 0.5) is 4.39 Å². The number of nitrogens with one attached hydrogen (secondary N) is 2. The zero-order valence-electron chi connectivity index (χ0n) is 15.4. The molecule has 3 rings (SSSR count). The van der Waals surface area contributed by atoms with Gasteiger partial charge in [-0.3, -0.25) is 0 Å². The van der Waals surface area contributed by atoms with E-state index in [0.717, 1.165) is 35.0 Å². The number of H-pyrrole nitrogens is 1. The maximum absolute atomic E-state index is 13.5. The van der Waals surface area contributed by atoms with Crippen LogP contribution in [0.15, 0.2) is 47.5 Å². The lowest BCUT2D eigenvalue weighted by Gasteiger charge is -2.13. The highest BCUT2D eigenvalue weighted by atomic mass is 32.2. The normalized spacial score (nSPS) is 11.8. The van der Waals surface area contributed by atoms with Crippen molar-refractivity contribution < 1.29 is 17.5 Å². The van der Waals surface area contributed by atoms with E-state index in [9.17, 15) is 12.8 Å². The van der Waals surface area contributed by atoms with Gasteiger partial charge in [-0.1, -0.05) is 18.2 Å². The second-order valence-corrected chi connectivity index (χ2v) is 8.50. The van der Waals surface area contributed by atoms with Crippen molar-refractivity contribution in [2.75, 3.05) is 19.8 Å². The first-order chi connectivity index (χ1) is 12.9. The summed E-state index contributed by atoms with van der Waals surface area (Å²) in [4.78, 5) is 3.48. The first kappa shape index (κ1) is 19.4. The molecule has 0 saturated carbocycles. The second-order valence-electron chi connectivity index (χ2n) is 6.48. The highest BCUT2D eigenvalue weighted by Crippen LogP contribution is 2.34. The molecule has 2 N–H and O–H groups in total. The Balaban J connectivity index is 1.90. The first-order valence-corrected chi connectivity index (χ1v) is 10.6. The predicted molar refractivity (Wildman–Crippen MR) is 105 cm³/mol. The lowest BCUT2D eigenvalue weighted by Crippen LogP contribution is -2.10. The van der Waals surface area contributed by atoms with E-state index in [-0.39, 0.29) is 11.5 Å². The number of benzene rings is 2. The average Bonchev–Trinajstić information content (AvgIpc) is 3.07. The molecule has 1 aromatic heterocycles. The Hall–Kier alpha value is -2.38. The summed E-state index contributed by atoms with van der Waals surface area (Å²) in [5, 5.41) is 4.01. The minimum absolute atomic E-state index is 0.229. The minimum atomic E-state index is -3.23. The molecule has 0 saturated heterocycles. The van der Waals surface area contributed by atoms with Crippen LogP contribution in [-0.4, -0.2) is 33.2 Å². The van der Waals surface area contributed by atoms with Crippen molar-refractivity contribution in [1.82, 2.24) is 10.3 Å². The molecule has 0 aliphatic heterocycles. The van der Waals surface area contributed by atoms with Gasteiger partial charge in [0, 0.05) is 28.9 Å². The summed E-state index contributed by atoms with van der Waals surface area (Å²) in [5.41, 5.74) is 3.29. The lowest BCUT2D eigenvalue weighted by atomic mass is 10.1. The molecular formula is C20H23FN2O3S. The Bertz CT molecular complexity index is 1030. The molecule has 7 heteroatoms. The van der Waals surface area contributed by atoms with Gasteiger partial charge in [-0.15, -0.1) is 0 Å². The number of likely N-dealkylation sites (N-methyl/N-ethyl adjacent to an activating group) is 1. The van der Waals surface area contributed by atoms with E-state index >= 15 is 0 Å². The van der Waals surface area contributed by atoms with Gasteiger partial charge in [0.25, 0.3) is 0 Å². The van der Waals surface area contributed by atoms with Crippen LogP contribution in [0.1, 0.15) is 16.7 Å². The Labute approximate surface area is 158 Å². The summed E-state index contributed by atoms with van der Waals surface area (Å²) < 4.78 is 42.7. The monoisotopic (exact) mass is 390 g/mol. The van der Waals surface area contributed by atoms with Gasteiger partial charge in [0.1, 0.15) is 19.0 Å². The van der Waals surface area contributed by atoms with Gasteiger partial charge in [-0.05, 0) is 49.3 Å². The third-order valence-electron chi connectivity index (χ3n) is 4.49. The van der Waals surface area contributed by atoms with Gasteiger partial charge in [0.05, 0.1) is 4.90 Å². The van der Waals surface area contributed by atoms with E-state index < -0.39 is 16.5 Å². The van der Waals surface area contributed by atoms with Gasteiger partial charge < -0.3 is 15.0 Å². The van der Waals surface area contributed by atoms with Crippen LogP contribution in [0.25, 0.3) is 10.9 Å². The molecule has 0 radical (unpaired) electrons. The SMILES string of the molecule is CNCCc1c[nH]c2ccc(CF)c(OCc3ccc(S(C)(=O)=O)cc3)c12. The fourth-order valence-electron chi connectivity index (χ4n) is 3.02. The van der Waals surface area contributed by atoms with Crippen LogP contribution >= 0.6 is 0 Å². The van der Waals surface area contributed by atoms with Gasteiger partial charge >= 0.3 is 0 Å². The van der Waals surface area contributed by atoms with E-state index in [0.29, 0.717) is 11.3 Å². The van der Waals surface area contributed by atoms with Crippen molar-refractivity contribution in [1.29, 1.82) is 0 Å². The van der Waals surface area contributed by atoms with Crippen LogP contribution in [0.3, 0.4) is 0 Å². The van der Waals surface area contributed by atoms with Gasteiger partial charge in [0.2, 0.25) is 0 Å². The number of aromatic amines is 1. The van der Waals surface area contributed by atoms with E-state index in [1.54, 1.807) is 30.3 Å². The maximum Gasteiger partial charge on any atom is 0.175 e. The van der Waals surface area contributed by atoms with E-state index in [2.05, 4.69) is 10.3 Å². The quantitative estimate of drug-likeness (QED) is 0.619. The summed E-state index contributed by atoms with van der Waals surface area (Å²) in [6.45, 7) is 0.418. The molecule has 27 heavy (non-hydrogen) atoms. The Morgan fingerprint density at radius 3 is 2.48 bits per heavy atom. The van der Waals surface area contributed by atoms with Crippen LogP contribution in [0, 0.1) is 0 Å².